The van der Waals surface area contributed by atoms with Crippen LogP contribution in [0.15, 0.2) is 42.5 Å². The summed E-state index contributed by atoms with van der Waals surface area (Å²) in [6.07, 6.45) is 0.600. The second kappa shape index (κ2) is 5.69. The molecule has 5 nitrogen and oxygen atoms in total. The molecule has 0 aliphatic carbocycles. The Morgan fingerprint density at radius 2 is 1.82 bits per heavy atom. The molecule has 114 valence electrons. The first-order valence-electron chi connectivity index (χ1n) is 7.10. The Labute approximate surface area is 128 Å². The molecule has 1 heterocycles. The zero-order valence-corrected chi connectivity index (χ0v) is 11.9. The Hall–Kier alpha value is -2.53. The highest BCUT2D eigenvalue weighted by atomic mass is 16.3. The van der Waals surface area contributed by atoms with Gasteiger partial charge in [0.25, 0.3) is 5.91 Å². The highest BCUT2D eigenvalue weighted by Crippen LogP contribution is 2.28. The first-order chi connectivity index (χ1) is 10.6. The molecule has 3 rings (SSSR count). The molecule has 0 saturated carbocycles. The Kier molecular flexibility index (Phi) is 3.73. The number of phenolic OH excluding ortho intramolecular Hbond substituents is 2. The number of hydrogen-bond acceptors (Lipinski definition) is 4. The molecule has 0 saturated heterocycles. The molecule has 22 heavy (non-hydrogen) atoms. The van der Waals surface area contributed by atoms with E-state index in [1.165, 1.54) is 18.2 Å². The van der Waals surface area contributed by atoms with Crippen molar-refractivity contribution < 1.29 is 20.1 Å². The van der Waals surface area contributed by atoms with Gasteiger partial charge in [-0.25, -0.2) is 0 Å². The minimum absolute atomic E-state index is 0.121. The van der Waals surface area contributed by atoms with Gasteiger partial charge >= 0.3 is 0 Å². The van der Waals surface area contributed by atoms with Crippen LogP contribution in [0.5, 0.6) is 11.5 Å². The Bertz CT molecular complexity index is 714. The third-order valence-corrected chi connectivity index (χ3v) is 4.05. The number of carbonyl (C=O) groups excluding carboxylic acids is 1. The lowest BCUT2D eigenvalue weighted by Crippen LogP contribution is -2.46. The van der Waals surface area contributed by atoms with Gasteiger partial charge < -0.3 is 20.2 Å². The third-order valence-electron chi connectivity index (χ3n) is 4.05. The van der Waals surface area contributed by atoms with Crippen molar-refractivity contribution in [2.45, 2.75) is 19.0 Å². The summed E-state index contributed by atoms with van der Waals surface area (Å²) in [6.45, 7) is 0.298. The van der Waals surface area contributed by atoms with Gasteiger partial charge in [0.05, 0.1) is 12.6 Å². The number of nitrogens with zero attached hydrogens (tertiary/aromatic N) is 1. The number of aliphatic hydroxyl groups excluding tert-OH is 1. The van der Waals surface area contributed by atoms with Crippen LogP contribution in [0.2, 0.25) is 0 Å². The molecular formula is C17H17NO4. The van der Waals surface area contributed by atoms with Crippen molar-refractivity contribution in [1.82, 2.24) is 4.90 Å². The van der Waals surface area contributed by atoms with Gasteiger partial charge in [-0.05, 0) is 35.7 Å². The van der Waals surface area contributed by atoms with Gasteiger partial charge in [-0.1, -0.05) is 24.3 Å². The zero-order chi connectivity index (χ0) is 15.7. The van der Waals surface area contributed by atoms with E-state index >= 15 is 0 Å². The largest absolute Gasteiger partial charge is 0.504 e. The topological polar surface area (TPSA) is 81.0 Å². The van der Waals surface area contributed by atoms with Crippen molar-refractivity contribution in [3.63, 3.8) is 0 Å². The van der Waals surface area contributed by atoms with Gasteiger partial charge in [0.1, 0.15) is 0 Å². The molecule has 1 aliphatic heterocycles. The maximum atomic E-state index is 12.7. The minimum Gasteiger partial charge on any atom is -0.504 e. The smallest absolute Gasteiger partial charge is 0.254 e. The van der Waals surface area contributed by atoms with E-state index in [-0.39, 0.29) is 35.6 Å². The van der Waals surface area contributed by atoms with Gasteiger partial charge in [0.15, 0.2) is 11.5 Å². The van der Waals surface area contributed by atoms with Crippen molar-refractivity contribution in [2.75, 3.05) is 6.61 Å². The normalized spacial score (nSPS) is 17.1. The lowest BCUT2D eigenvalue weighted by atomic mass is 9.93. The fraction of sp³-hybridized carbons (Fsp3) is 0.235. The second-order valence-corrected chi connectivity index (χ2v) is 5.45. The predicted molar refractivity (Wildman–Crippen MR) is 80.7 cm³/mol. The minimum atomic E-state index is -0.330. The fourth-order valence-corrected chi connectivity index (χ4v) is 2.81. The zero-order valence-electron chi connectivity index (χ0n) is 11.9. The number of aromatic hydroxyl groups is 2. The fourth-order valence-electron chi connectivity index (χ4n) is 2.81. The number of rotatable bonds is 2. The van der Waals surface area contributed by atoms with Crippen LogP contribution >= 0.6 is 0 Å². The summed E-state index contributed by atoms with van der Waals surface area (Å²) in [7, 11) is 0. The number of amides is 1. The van der Waals surface area contributed by atoms with Gasteiger partial charge in [-0.15, -0.1) is 0 Å². The second-order valence-electron chi connectivity index (χ2n) is 5.45. The van der Waals surface area contributed by atoms with Crippen LogP contribution in [0.4, 0.5) is 0 Å². The molecule has 0 bridgehead atoms. The molecule has 3 N–H and O–H groups in total. The van der Waals surface area contributed by atoms with E-state index in [9.17, 15) is 20.1 Å². The van der Waals surface area contributed by atoms with Gasteiger partial charge in [0.2, 0.25) is 0 Å². The first-order valence-corrected chi connectivity index (χ1v) is 7.10. The van der Waals surface area contributed by atoms with Crippen molar-refractivity contribution >= 4 is 5.91 Å². The lowest BCUT2D eigenvalue weighted by molar-refractivity contribution is 0.0544. The van der Waals surface area contributed by atoms with Crippen LogP contribution in [0.1, 0.15) is 21.5 Å². The van der Waals surface area contributed by atoms with E-state index in [1.807, 2.05) is 24.3 Å². The van der Waals surface area contributed by atoms with E-state index in [0.717, 1.165) is 11.1 Å². The van der Waals surface area contributed by atoms with Crippen molar-refractivity contribution in [3.8, 4) is 11.5 Å². The average Bonchev–Trinajstić information content (AvgIpc) is 2.55. The number of hydrogen-bond donors (Lipinski definition) is 3. The molecule has 0 aromatic heterocycles. The van der Waals surface area contributed by atoms with Crippen molar-refractivity contribution in [1.29, 1.82) is 0 Å². The molecule has 5 heteroatoms. The Morgan fingerprint density at radius 3 is 2.50 bits per heavy atom. The monoisotopic (exact) mass is 299 g/mol. The molecule has 0 radical (unpaired) electrons. The lowest BCUT2D eigenvalue weighted by Gasteiger charge is -2.36. The molecule has 0 unspecified atom stereocenters. The number of benzene rings is 2. The summed E-state index contributed by atoms with van der Waals surface area (Å²) in [5.74, 6) is -0.869. The summed E-state index contributed by atoms with van der Waals surface area (Å²) in [6, 6.07) is 11.5. The molecule has 0 spiro atoms. The molecule has 2 aromatic carbocycles. The van der Waals surface area contributed by atoms with Crippen molar-refractivity contribution in [3.05, 3.63) is 59.2 Å². The standard InChI is InChI=1S/C17H17NO4/c19-10-14-7-11-3-1-2-4-13(11)9-18(14)17(22)12-5-6-15(20)16(21)8-12/h1-6,8,14,19-21H,7,9-10H2/t14-/m0/s1. The summed E-state index contributed by atoms with van der Waals surface area (Å²) >= 11 is 0. The molecule has 0 fully saturated rings. The maximum Gasteiger partial charge on any atom is 0.254 e. The molecule has 1 aliphatic rings. The van der Waals surface area contributed by atoms with Crippen LogP contribution in [-0.4, -0.2) is 38.8 Å². The van der Waals surface area contributed by atoms with Crippen LogP contribution < -0.4 is 0 Å². The van der Waals surface area contributed by atoms with Crippen LogP contribution in [-0.2, 0) is 13.0 Å². The average molecular weight is 299 g/mol. The third kappa shape index (κ3) is 2.51. The Balaban J connectivity index is 1.92. The van der Waals surface area contributed by atoms with E-state index in [0.29, 0.717) is 13.0 Å². The van der Waals surface area contributed by atoms with Crippen molar-refractivity contribution in [2.24, 2.45) is 0 Å². The molecular weight excluding hydrogens is 282 g/mol. The van der Waals surface area contributed by atoms with E-state index < -0.39 is 0 Å². The van der Waals surface area contributed by atoms with E-state index in [2.05, 4.69) is 0 Å². The summed E-state index contributed by atoms with van der Waals surface area (Å²) in [4.78, 5) is 14.3. The van der Waals surface area contributed by atoms with Gasteiger partial charge in [-0.3, -0.25) is 4.79 Å². The Morgan fingerprint density at radius 1 is 1.09 bits per heavy atom. The summed E-state index contributed by atoms with van der Waals surface area (Å²) in [5.41, 5.74) is 2.48. The first kappa shape index (κ1) is 14.4. The molecule has 2 aromatic rings. The van der Waals surface area contributed by atoms with Gasteiger partial charge in [0, 0.05) is 12.1 Å². The quantitative estimate of drug-likeness (QED) is 0.737. The van der Waals surface area contributed by atoms with Crippen LogP contribution in [0.25, 0.3) is 0 Å². The van der Waals surface area contributed by atoms with Crippen LogP contribution in [0, 0.1) is 0 Å². The summed E-state index contributed by atoms with van der Waals surface area (Å²) in [5, 5.41) is 28.5. The molecule has 1 atom stereocenters. The summed E-state index contributed by atoms with van der Waals surface area (Å²) < 4.78 is 0. The highest BCUT2D eigenvalue weighted by molar-refractivity contribution is 5.95. The highest BCUT2D eigenvalue weighted by Gasteiger charge is 2.30. The molecule has 1 amide bonds. The number of fused-ring (bicyclic) bond motifs is 1. The number of aliphatic hydroxyl groups is 1. The number of phenols is 2. The van der Waals surface area contributed by atoms with Gasteiger partial charge in [-0.2, -0.15) is 0 Å². The number of carbonyl (C=O) groups is 1. The SMILES string of the molecule is O=C(c1ccc(O)c(O)c1)N1Cc2ccccc2C[C@H]1CO. The predicted octanol–water partition coefficient (Wildman–Crippen LogP) is 1.66. The van der Waals surface area contributed by atoms with E-state index in [1.54, 1.807) is 4.90 Å². The maximum absolute atomic E-state index is 12.7. The van der Waals surface area contributed by atoms with E-state index in [4.69, 9.17) is 0 Å². The van der Waals surface area contributed by atoms with Crippen LogP contribution in [0.3, 0.4) is 0 Å².